The van der Waals surface area contributed by atoms with Crippen LogP contribution in [-0.2, 0) is 12.8 Å². The number of anilines is 1. The van der Waals surface area contributed by atoms with Crippen molar-refractivity contribution < 1.29 is 14.3 Å². The number of hydrogen-bond acceptors (Lipinski definition) is 6. The first-order valence-corrected chi connectivity index (χ1v) is 11.2. The lowest BCUT2D eigenvalue weighted by Gasteiger charge is -2.23. The van der Waals surface area contributed by atoms with Gasteiger partial charge in [0.2, 0.25) is 0 Å². The van der Waals surface area contributed by atoms with E-state index in [2.05, 4.69) is 10.4 Å². The second-order valence-electron chi connectivity index (χ2n) is 7.78. The van der Waals surface area contributed by atoms with Crippen LogP contribution < -0.4 is 15.3 Å². The molecule has 0 bridgehead atoms. The van der Waals surface area contributed by atoms with E-state index in [1.807, 2.05) is 36.4 Å². The van der Waals surface area contributed by atoms with E-state index < -0.39 is 11.7 Å². The van der Waals surface area contributed by atoms with Crippen molar-refractivity contribution in [3.63, 3.8) is 0 Å². The number of rotatable bonds is 8. The molecule has 1 amide bonds. The minimum absolute atomic E-state index is 0.257. The van der Waals surface area contributed by atoms with Crippen molar-refractivity contribution in [3.05, 3.63) is 100.0 Å². The highest BCUT2D eigenvalue weighted by atomic mass is 16.5. The lowest BCUT2D eigenvalue weighted by molar-refractivity contribution is 0.112. The molecule has 1 aromatic heterocycles. The van der Waals surface area contributed by atoms with Crippen LogP contribution in [0.3, 0.4) is 0 Å². The van der Waals surface area contributed by atoms with Crippen molar-refractivity contribution in [3.8, 4) is 11.4 Å². The van der Waals surface area contributed by atoms with Gasteiger partial charge in [-0.05, 0) is 59.5 Å². The number of methoxy groups -OCH3 is 1. The SMILES string of the molecule is CCN(C(=O)n1nnn(-c2ccccc2OC)c1=O)c1cc(C=O)ccc1CCc1ccccc1. The molecule has 0 saturated heterocycles. The first-order chi connectivity index (χ1) is 17.1. The Bertz CT molecular complexity index is 1390. The van der Waals surface area contributed by atoms with Crippen LogP contribution in [0.15, 0.2) is 77.6 Å². The van der Waals surface area contributed by atoms with Gasteiger partial charge in [0.15, 0.2) is 0 Å². The Labute approximate surface area is 202 Å². The Morgan fingerprint density at radius 2 is 1.74 bits per heavy atom. The van der Waals surface area contributed by atoms with Gasteiger partial charge in [0.25, 0.3) is 0 Å². The number of aryl methyl sites for hydroxylation is 2. The molecular weight excluding hydrogens is 446 g/mol. The zero-order valence-electron chi connectivity index (χ0n) is 19.5. The topological polar surface area (TPSA) is 99.3 Å². The molecule has 0 radical (unpaired) electrons. The fourth-order valence-corrected chi connectivity index (χ4v) is 3.89. The van der Waals surface area contributed by atoms with Crippen molar-refractivity contribution in [2.75, 3.05) is 18.6 Å². The lowest BCUT2D eigenvalue weighted by atomic mass is 10.0. The van der Waals surface area contributed by atoms with E-state index >= 15 is 0 Å². The highest BCUT2D eigenvalue weighted by Gasteiger charge is 2.24. The smallest absolute Gasteiger partial charge is 0.377 e. The largest absolute Gasteiger partial charge is 0.494 e. The van der Waals surface area contributed by atoms with Crippen molar-refractivity contribution in [1.82, 2.24) is 19.8 Å². The second-order valence-corrected chi connectivity index (χ2v) is 7.78. The molecule has 35 heavy (non-hydrogen) atoms. The molecule has 0 atom stereocenters. The molecular formula is C26H25N5O4. The maximum absolute atomic E-state index is 13.5. The molecule has 0 spiro atoms. The molecule has 9 nitrogen and oxygen atoms in total. The van der Waals surface area contributed by atoms with Crippen LogP contribution in [0.2, 0.25) is 0 Å². The van der Waals surface area contributed by atoms with E-state index in [9.17, 15) is 14.4 Å². The number of ether oxygens (including phenoxy) is 1. The Hall–Kier alpha value is -4.53. The molecule has 0 aliphatic rings. The van der Waals surface area contributed by atoms with E-state index in [1.165, 1.54) is 12.0 Å². The summed E-state index contributed by atoms with van der Waals surface area (Å²) in [6.07, 6.45) is 2.13. The average Bonchev–Trinajstić information content (AvgIpc) is 3.29. The molecule has 0 fully saturated rings. The van der Waals surface area contributed by atoms with Gasteiger partial charge in [-0.2, -0.15) is 4.68 Å². The summed E-state index contributed by atoms with van der Waals surface area (Å²) in [6, 6.07) is 21.4. The normalized spacial score (nSPS) is 10.7. The number of aldehydes is 1. The summed E-state index contributed by atoms with van der Waals surface area (Å²) in [6.45, 7) is 2.05. The number of carbonyl (C=O) groups is 2. The number of aromatic nitrogens is 4. The highest BCUT2D eigenvalue weighted by Crippen LogP contribution is 2.25. The molecule has 0 N–H and O–H groups in total. The third kappa shape index (κ3) is 4.89. The predicted molar refractivity (Wildman–Crippen MR) is 132 cm³/mol. The predicted octanol–water partition coefficient (Wildman–Crippen LogP) is 3.53. The maximum atomic E-state index is 13.5. The lowest BCUT2D eigenvalue weighted by Crippen LogP contribution is -2.41. The molecule has 4 aromatic rings. The first-order valence-electron chi connectivity index (χ1n) is 11.2. The van der Waals surface area contributed by atoms with E-state index in [-0.39, 0.29) is 6.54 Å². The van der Waals surface area contributed by atoms with Gasteiger partial charge in [0.1, 0.15) is 17.7 Å². The Morgan fingerprint density at radius 1 is 1.00 bits per heavy atom. The maximum Gasteiger partial charge on any atom is 0.377 e. The zero-order valence-corrected chi connectivity index (χ0v) is 19.5. The highest BCUT2D eigenvalue weighted by molar-refractivity contribution is 5.94. The monoisotopic (exact) mass is 471 g/mol. The summed E-state index contributed by atoms with van der Waals surface area (Å²) >= 11 is 0. The molecule has 178 valence electrons. The van der Waals surface area contributed by atoms with Gasteiger partial charge in [-0.3, -0.25) is 9.69 Å². The molecule has 0 unspecified atom stereocenters. The van der Waals surface area contributed by atoms with Gasteiger partial charge < -0.3 is 4.74 Å². The molecule has 0 aliphatic carbocycles. The van der Waals surface area contributed by atoms with E-state index in [0.717, 1.165) is 28.5 Å². The number of hydrogen-bond donors (Lipinski definition) is 0. The number of amides is 1. The summed E-state index contributed by atoms with van der Waals surface area (Å²) in [5.41, 5.74) is 2.66. The van der Waals surface area contributed by atoms with Crippen molar-refractivity contribution >= 4 is 18.0 Å². The number of carbonyl (C=O) groups excluding carboxylic acids is 2. The first kappa shape index (κ1) is 23.6. The van der Waals surface area contributed by atoms with Gasteiger partial charge in [-0.25, -0.2) is 9.59 Å². The molecule has 3 aromatic carbocycles. The second kappa shape index (κ2) is 10.6. The van der Waals surface area contributed by atoms with Gasteiger partial charge in [-0.15, -0.1) is 4.68 Å². The van der Waals surface area contributed by atoms with Crippen LogP contribution in [0, 0.1) is 0 Å². The van der Waals surface area contributed by atoms with Gasteiger partial charge >= 0.3 is 11.7 Å². The van der Waals surface area contributed by atoms with Crippen molar-refractivity contribution in [2.24, 2.45) is 0 Å². The molecule has 0 aliphatic heterocycles. The van der Waals surface area contributed by atoms with Crippen LogP contribution in [0.5, 0.6) is 5.75 Å². The molecule has 1 heterocycles. The number of tetrazole rings is 1. The fourth-order valence-electron chi connectivity index (χ4n) is 3.89. The fraction of sp³-hybridized carbons (Fsp3) is 0.192. The third-order valence-electron chi connectivity index (χ3n) is 5.69. The zero-order chi connectivity index (χ0) is 24.8. The summed E-state index contributed by atoms with van der Waals surface area (Å²) in [4.78, 5) is 39.5. The third-order valence-corrected chi connectivity index (χ3v) is 5.69. The summed E-state index contributed by atoms with van der Waals surface area (Å²) in [7, 11) is 1.48. The number of nitrogens with zero attached hydrogens (tertiary/aromatic N) is 5. The molecule has 9 heteroatoms. The van der Waals surface area contributed by atoms with E-state index in [1.54, 1.807) is 43.3 Å². The summed E-state index contributed by atoms with van der Waals surface area (Å²) < 4.78 is 7.03. The van der Waals surface area contributed by atoms with Gasteiger partial charge in [0.05, 0.1) is 7.11 Å². The van der Waals surface area contributed by atoms with Crippen LogP contribution in [0.4, 0.5) is 10.5 Å². The van der Waals surface area contributed by atoms with E-state index in [0.29, 0.717) is 33.8 Å². The Kier molecular flexibility index (Phi) is 7.15. The number of para-hydroxylation sites is 2. The molecule has 4 rings (SSSR count). The standard InChI is InChI=1S/C26H25N5O4/c1-3-29(23-17-20(18-32)14-16-21(23)15-13-19-9-5-4-6-10-19)25(33)31-26(34)30(27-28-31)22-11-7-8-12-24(22)35-2/h4-12,14,16-18H,3,13,15H2,1-2H3. The average molecular weight is 472 g/mol. The number of benzene rings is 3. The van der Waals surface area contributed by atoms with Crippen molar-refractivity contribution in [2.45, 2.75) is 19.8 Å². The Balaban J connectivity index is 1.69. The minimum atomic E-state index is -0.727. The molecule has 0 saturated carbocycles. The summed E-state index contributed by atoms with van der Waals surface area (Å²) in [5.74, 6) is 0.420. The van der Waals surface area contributed by atoms with Crippen LogP contribution >= 0.6 is 0 Å². The van der Waals surface area contributed by atoms with Gasteiger partial charge in [0, 0.05) is 17.8 Å². The quantitative estimate of drug-likeness (QED) is 0.288. The van der Waals surface area contributed by atoms with Crippen LogP contribution in [0.25, 0.3) is 5.69 Å². The van der Waals surface area contributed by atoms with Crippen LogP contribution in [-0.4, -0.2) is 45.8 Å². The van der Waals surface area contributed by atoms with Gasteiger partial charge in [-0.1, -0.05) is 54.6 Å². The minimum Gasteiger partial charge on any atom is -0.494 e. The van der Waals surface area contributed by atoms with Crippen molar-refractivity contribution in [1.29, 1.82) is 0 Å². The summed E-state index contributed by atoms with van der Waals surface area (Å²) in [5, 5.41) is 7.72. The Morgan fingerprint density at radius 3 is 2.46 bits per heavy atom. The van der Waals surface area contributed by atoms with E-state index in [4.69, 9.17) is 4.74 Å². The van der Waals surface area contributed by atoms with Crippen LogP contribution in [0.1, 0.15) is 28.4 Å².